The van der Waals surface area contributed by atoms with Gasteiger partial charge in [0, 0.05) is 19.6 Å². The molecule has 1 saturated heterocycles. The molecule has 1 aliphatic rings. The van der Waals surface area contributed by atoms with Crippen LogP contribution in [0.2, 0.25) is 0 Å². The summed E-state index contributed by atoms with van der Waals surface area (Å²) in [5.41, 5.74) is 7.04. The first-order chi connectivity index (χ1) is 10.3. The Kier molecular flexibility index (Phi) is 4.54. The summed E-state index contributed by atoms with van der Waals surface area (Å²) in [6.07, 6.45) is 0.781. The zero-order valence-electron chi connectivity index (χ0n) is 11.9. The zero-order valence-corrected chi connectivity index (χ0v) is 12.7. The van der Waals surface area contributed by atoms with Crippen LogP contribution in [0.1, 0.15) is 24.5 Å². The second-order valence-corrected chi connectivity index (χ2v) is 5.63. The van der Waals surface area contributed by atoms with E-state index in [1.165, 1.54) is 11.5 Å². The van der Waals surface area contributed by atoms with Gasteiger partial charge in [-0.15, -0.1) is 5.10 Å². The summed E-state index contributed by atoms with van der Waals surface area (Å²) < 4.78 is 14.6. The lowest BCUT2D eigenvalue weighted by Gasteiger charge is -2.27. The molecule has 1 fully saturated rings. The van der Waals surface area contributed by atoms with Crippen LogP contribution in [-0.4, -0.2) is 57.5 Å². The normalized spacial score (nSPS) is 18.0. The van der Waals surface area contributed by atoms with Crippen LogP contribution in [0, 0.1) is 0 Å². The first-order valence-corrected chi connectivity index (χ1v) is 7.76. The van der Waals surface area contributed by atoms with Crippen LogP contribution in [0.5, 0.6) is 0 Å². The molecular formula is C12H18N6O2S. The SMILES string of the molecule is CCc1nnsc1-c1nc(C(N)CN2CCOCC2)no1. The van der Waals surface area contributed by atoms with Crippen LogP contribution in [-0.2, 0) is 11.2 Å². The fourth-order valence-electron chi connectivity index (χ4n) is 2.22. The van der Waals surface area contributed by atoms with Crippen LogP contribution in [0.3, 0.4) is 0 Å². The highest BCUT2D eigenvalue weighted by atomic mass is 32.1. The van der Waals surface area contributed by atoms with Gasteiger partial charge in [-0.1, -0.05) is 16.6 Å². The van der Waals surface area contributed by atoms with Gasteiger partial charge in [0.2, 0.25) is 0 Å². The monoisotopic (exact) mass is 310 g/mol. The van der Waals surface area contributed by atoms with E-state index in [1.807, 2.05) is 6.92 Å². The summed E-state index contributed by atoms with van der Waals surface area (Å²) in [5.74, 6) is 0.973. The predicted molar refractivity (Wildman–Crippen MR) is 76.8 cm³/mol. The highest BCUT2D eigenvalue weighted by Crippen LogP contribution is 2.25. The van der Waals surface area contributed by atoms with E-state index in [2.05, 4.69) is 24.6 Å². The lowest BCUT2D eigenvalue weighted by molar-refractivity contribution is 0.0348. The molecule has 9 heteroatoms. The maximum absolute atomic E-state index is 6.17. The largest absolute Gasteiger partial charge is 0.379 e. The molecular weight excluding hydrogens is 292 g/mol. The summed E-state index contributed by atoms with van der Waals surface area (Å²) in [5, 5.41) is 8.04. The van der Waals surface area contributed by atoms with E-state index in [0.29, 0.717) is 18.3 Å². The molecule has 3 rings (SSSR count). The van der Waals surface area contributed by atoms with Gasteiger partial charge in [-0.3, -0.25) is 4.90 Å². The van der Waals surface area contributed by atoms with Gasteiger partial charge in [0.15, 0.2) is 5.82 Å². The summed E-state index contributed by atoms with van der Waals surface area (Å²) >= 11 is 1.26. The Hall–Kier alpha value is -1.42. The zero-order chi connectivity index (χ0) is 14.7. The second-order valence-electron chi connectivity index (χ2n) is 4.88. The Morgan fingerprint density at radius 1 is 1.38 bits per heavy atom. The van der Waals surface area contributed by atoms with Crippen molar-refractivity contribution >= 4 is 11.5 Å². The minimum atomic E-state index is -0.272. The van der Waals surface area contributed by atoms with Gasteiger partial charge in [0.25, 0.3) is 5.89 Å². The fourth-order valence-corrected chi connectivity index (χ4v) is 2.90. The van der Waals surface area contributed by atoms with Gasteiger partial charge in [-0.05, 0) is 18.0 Å². The minimum Gasteiger partial charge on any atom is -0.379 e. The number of hydrogen-bond donors (Lipinski definition) is 1. The number of aryl methyl sites for hydroxylation is 1. The molecule has 2 aromatic heterocycles. The van der Waals surface area contributed by atoms with Crippen molar-refractivity contribution in [1.82, 2.24) is 24.6 Å². The number of nitrogens with two attached hydrogens (primary N) is 1. The Morgan fingerprint density at radius 3 is 2.95 bits per heavy atom. The highest BCUT2D eigenvalue weighted by Gasteiger charge is 2.22. The molecule has 0 spiro atoms. The van der Waals surface area contributed by atoms with Crippen molar-refractivity contribution in [2.45, 2.75) is 19.4 Å². The first-order valence-electron chi connectivity index (χ1n) is 6.98. The molecule has 8 nitrogen and oxygen atoms in total. The van der Waals surface area contributed by atoms with Gasteiger partial charge < -0.3 is 15.0 Å². The lowest BCUT2D eigenvalue weighted by Crippen LogP contribution is -2.40. The van der Waals surface area contributed by atoms with E-state index in [0.717, 1.165) is 43.3 Å². The Morgan fingerprint density at radius 2 is 2.19 bits per heavy atom. The number of ether oxygens (including phenoxy) is 1. The van der Waals surface area contributed by atoms with Gasteiger partial charge in [-0.2, -0.15) is 4.98 Å². The number of aromatic nitrogens is 4. The van der Waals surface area contributed by atoms with Crippen molar-refractivity contribution < 1.29 is 9.26 Å². The number of hydrogen-bond acceptors (Lipinski definition) is 9. The summed E-state index contributed by atoms with van der Waals surface area (Å²) in [6.45, 7) is 5.98. The molecule has 1 atom stereocenters. The van der Waals surface area contributed by atoms with E-state index in [4.69, 9.17) is 15.0 Å². The number of morpholine rings is 1. The van der Waals surface area contributed by atoms with E-state index in [9.17, 15) is 0 Å². The summed E-state index contributed by atoms with van der Waals surface area (Å²) in [7, 11) is 0. The van der Waals surface area contributed by atoms with E-state index < -0.39 is 0 Å². The maximum Gasteiger partial charge on any atom is 0.271 e. The van der Waals surface area contributed by atoms with Crippen molar-refractivity contribution in [3.05, 3.63) is 11.5 Å². The minimum absolute atomic E-state index is 0.272. The van der Waals surface area contributed by atoms with Crippen molar-refractivity contribution in [2.24, 2.45) is 5.73 Å². The average molecular weight is 310 g/mol. The van der Waals surface area contributed by atoms with Crippen LogP contribution < -0.4 is 5.73 Å². The molecule has 1 aliphatic heterocycles. The molecule has 0 aromatic carbocycles. The van der Waals surface area contributed by atoms with Crippen molar-refractivity contribution in [1.29, 1.82) is 0 Å². The number of rotatable bonds is 5. The smallest absolute Gasteiger partial charge is 0.271 e. The van der Waals surface area contributed by atoms with Crippen LogP contribution >= 0.6 is 11.5 Å². The molecule has 0 aliphatic carbocycles. The third-order valence-electron chi connectivity index (χ3n) is 3.42. The predicted octanol–water partition coefficient (Wildman–Crippen LogP) is 0.482. The number of nitrogens with zero attached hydrogens (tertiary/aromatic N) is 5. The van der Waals surface area contributed by atoms with Crippen LogP contribution in [0.25, 0.3) is 10.8 Å². The molecule has 21 heavy (non-hydrogen) atoms. The molecule has 0 saturated carbocycles. The van der Waals surface area contributed by atoms with Crippen molar-refractivity contribution in [3.8, 4) is 10.8 Å². The quantitative estimate of drug-likeness (QED) is 0.850. The van der Waals surface area contributed by atoms with E-state index in [1.54, 1.807) is 0 Å². The molecule has 0 bridgehead atoms. The van der Waals surface area contributed by atoms with Crippen molar-refractivity contribution in [2.75, 3.05) is 32.8 Å². The summed E-state index contributed by atoms with van der Waals surface area (Å²) in [6, 6.07) is -0.272. The average Bonchev–Trinajstić information content (AvgIpc) is 3.16. The highest BCUT2D eigenvalue weighted by molar-refractivity contribution is 7.09. The van der Waals surface area contributed by atoms with Gasteiger partial charge in [0.1, 0.15) is 4.88 Å². The standard InChI is InChI=1S/C12H18N6O2S/c1-2-9-10(21-17-15-9)12-14-11(16-20-12)8(13)7-18-3-5-19-6-4-18/h8H,2-7,13H2,1H3. The molecule has 2 N–H and O–H groups in total. The molecule has 1 unspecified atom stereocenters. The molecule has 3 heterocycles. The molecule has 2 aromatic rings. The van der Waals surface area contributed by atoms with Gasteiger partial charge >= 0.3 is 0 Å². The maximum atomic E-state index is 6.17. The first kappa shape index (κ1) is 14.5. The third kappa shape index (κ3) is 3.26. The summed E-state index contributed by atoms with van der Waals surface area (Å²) in [4.78, 5) is 7.47. The lowest BCUT2D eigenvalue weighted by atomic mass is 10.2. The van der Waals surface area contributed by atoms with E-state index in [-0.39, 0.29) is 6.04 Å². The van der Waals surface area contributed by atoms with E-state index >= 15 is 0 Å². The van der Waals surface area contributed by atoms with Crippen molar-refractivity contribution in [3.63, 3.8) is 0 Å². The van der Waals surface area contributed by atoms with Crippen LogP contribution in [0.4, 0.5) is 0 Å². The molecule has 0 radical (unpaired) electrons. The van der Waals surface area contributed by atoms with Gasteiger partial charge in [0.05, 0.1) is 24.9 Å². The molecule has 0 amide bonds. The topological polar surface area (TPSA) is 103 Å². The van der Waals surface area contributed by atoms with Crippen LogP contribution in [0.15, 0.2) is 4.52 Å². The second kappa shape index (κ2) is 6.56. The van der Waals surface area contributed by atoms with Gasteiger partial charge in [-0.25, -0.2) is 0 Å². The Balaban J connectivity index is 1.69. The Labute approximate surface area is 126 Å². The molecule has 114 valence electrons. The Bertz CT molecular complexity index is 580. The third-order valence-corrected chi connectivity index (χ3v) is 4.17. The fraction of sp³-hybridized carbons (Fsp3) is 0.667.